The summed E-state index contributed by atoms with van der Waals surface area (Å²) in [5.41, 5.74) is 1.15. The highest BCUT2D eigenvalue weighted by Gasteiger charge is 2.24. The van der Waals surface area contributed by atoms with Crippen molar-refractivity contribution in [2.24, 2.45) is 0 Å². The zero-order valence-electron chi connectivity index (χ0n) is 9.07. The Kier molecular flexibility index (Phi) is 3.46. The van der Waals surface area contributed by atoms with Crippen molar-refractivity contribution < 1.29 is 9.53 Å². The van der Waals surface area contributed by atoms with Crippen LogP contribution in [0.4, 0.5) is 0 Å². The van der Waals surface area contributed by atoms with Gasteiger partial charge >= 0.3 is 0 Å². The fourth-order valence-corrected chi connectivity index (χ4v) is 1.84. The fraction of sp³-hybridized carbons (Fsp3) is 0.417. The minimum Gasteiger partial charge on any atom is -0.367 e. The van der Waals surface area contributed by atoms with Crippen molar-refractivity contribution in [3.63, 3.8) is 0 Å². The Morgan fingerprint density at radius 3 is 2.75 bits per heavy atom. The summed E-state index contributed by atoms with van der Waals surface area (Å²) in [6.45, 7) is 2.32. The van der Waals surface area contributed by atoms with Gasteiger partial charge < -0.3 is 10.1 Å². The van der Waals surface area contributed by atoms with Crippen LogP contribution in [0.15, 0.2) is 24.3 Å². The molecule has 2 unspecified atom stereocenters. The number of morpholine rings is 1. The highest BCUT2D eigenvalue weighted by Crippen LogP contribution is 2.13. The first kappa shape index (κ1) is 11.4. The predicted molar refractivity (Wildman–Crippen MR) is 62.5 cm³/mol. The molecule has 86 valence electrons. The van der Waals surface area contributed by atoms with E-state index in [1.165, 1.54) is 0 Å². The van der Waals surface area contributed by atoms with Gasteiger partial charge in [0.05, 0.1) is 12.6 Å². The van der Waals surface area contributed by atoms with Gasteiger partial charge in [-0.05, 0) is 31.0 Å². The van der Waals surface area contributed by atoms with Gasteiger partial charge in [0.1, 0.15) is 6.10 Å². The summed E-state index contributed by atoms with van der Waals surface area (Å²) in [5.74, 6) is -0.0368. The molecule has 16 heavy (non-hydrogen) atoms. The first-order valence-corrected chi connectivity index (χ1v) is 5.69. The number of hydrogen-bond acceptors (Lipinski definition) is 2. The average Bonchev–Trinajstić information content (AvgIpc) is 2.27. The van der Waals surface area contributed by atoms with E-state index in [1.54, 1.807) is 6.92 Å². The number of hydrogen-bond donors (Lipinski definition) is 1. The molecular weight excluding hydrogens is 226 g/mol. The summed E-state index contributed by atoms with van der Waals surface area (Å²) in [5, 5.41) is 3.66. The molecule has 1 aromatic rings. The smallest absolute Gasteiger partial charge is 0.249 e. The van der Waals surface area contributed by atoms with E-state index in [4.69, 9.17) is 16.3 Å². The third-order valence-corrected chi connectivity index (χ3v) is 2.91. The Morgan fingerprint density at radius 1 is 1.44 bits per heavy atom. The average molecular weight is 240 g/mol. The van der Waals surface area contributed by atoms with Gasteiger partial charge in [-0.1, -0.05) is 23.7 Å². The number of amides is 1. The van der Waals surface area contributed by atoms with Gasteiger partial charge in [0, 0.05) is 5.02 Å². The van der Waals surface area contributed by atoms with Crippen LogP contribution in [-0.4, -0.2) is 24.7 Å². The van der Waals surface area contributed by atoms with Crippen LogP contribution >= 0.6 is 11.6 Å². The van der Waals surface area contributed by atoms with Crippen LogP contribution in [-0.2, 0) is 16.0 Å². The van der Waals surface area contributed by atoms with Crippen LogP contribution in [0.5, 0.6) is 0 Å². The molecule has 1 aliphatic rings. The van der Waals surface area contributed by atoms with Crippen molar-refractivity contribution in [2.45, 2.75) is 25.5 Å². The zero-order valence-corrected chi connectivity index (χ0v) is 9.83. The molecule has 1 aromatic carbocycles. The SMILES string of the molecule is CC1OCC(Cc2ccc(Cl)cc2)NC1=O. The van der Waals surface area contributed by atoms with E-state index in [9.17, 15) is 4.79 Å². The monoisotopic (exact) mass is 239 g/mol. The highest BCUT2D eigenvalue weighted by atomic mass is 35.5. The molecule has 0 spiro atoms. The summed E-state index contributed by atoms with van der Waals surface area (Å²) in [7, 11) is 0. The quantitative estimate of drug-likeness (QED) is 0.855. The normalized spacial score (nSPS) is 25.2. The van der Waals surface area contributed by atoms with Crippen molar-refractivity contribution in [1.29, 1.82) is 0 Å². The maximum Gasteiger partial charge on any atom is 0.249 e. The third-order valence-electron chi connectivity index (χ3n) is 2.66. The van der Waals surface area contributed by atoms with Gasteiger partial charge in [-0.3, -0.25) is 4.79 Å². The Labute approximate surface area is 99.7 Å². The minimum absolute atomic E-state index is 0.0368. The highest BCUT2D eigenvalue weighted by molar-refractivity contribution is 6.30. The lowest BCUT2D eigenvalue weighted by atomic mass is 10.1. The van der Waals surface area contributed by atoms with Crippen LogP contribution in [0, 0.1) is 0 Å². The van der Waals surface area contributed by atoms with Crippen molar-refractivity contribution in [3.05, 3.63) is 34.9 Å². The molecule has 1 amide bonds. The van der Waals surface area contributed by atoms with E-state index in [-0.39, 0.29) is 18.1 Å². The summed E-state index contributed by atoms with van der Waals surface area (Å²) in [6.07, 6.45) is 0.441. The minimum atomic E-state index is -0.332. The van der Waals surface area contributed by atoms with Crippen molar-refractivity contribution in [3.8, 4) is 0 Å². The van der Waals surface area contributed by atoms with Crippen LogP contribution < -0.4 is 5.32 Å². The van der Waals surface area contributed by atoms with Gasteiger partial charge in [-0.2, -0.15) is 0 Å². The number of benzene rings is 1. The summed E-state index contributed by atoms with van der Waals surface area (Å²) in [4.78, 5) is 11.4. The number of nitrogens with one attached hydrogen (secondary N) is 1. The topological polar surface area (TPSA) is 38.3 Å². The second-order valence-corrected chi connectivity index (χ2v) is 4.45. The van der Waals surface area contributed by atoms with E-state index in [2.05, 4.69) is 5.32 Å². The second kappa shape index (κ2) is 4.85. The molecule has 0 radical (unpaired) electrons. The number of rotatable bonds is 2. The van der Waals surface area contributed by atoms with Crippen LogP contribution in [0.1, 0.15) is 12.5 Å². The van der Waals surface area contributed by atoms with E-state index in [0.29, 0.717) is 6.61 Å². The molecule has 4 heteroatoms. The first-order chi connectivity index (χ1) is 7.65. The maximum atomic E-state index is 11.4. The van der Waals surface area contributed by atoms with E-state index in [1.807, 2.05) is 24.3 Å². The van der Waals surface area contributed by atoms with Gasteiger partial charge in [0.2, 0.25) is 5.91 Å². The summed E-state index contributed by atoms with van der Waals surface area (Å²) in [6, 6.07) is 7.69. The van der Waals surface area contributed by atoms with Crippen LogP contribution in [0.25, 0.3) is 0 Å². The molecule has 1 aliphatic heterocycles. The molecule has 1 N–H and O–H groups in total. The molecule has 0 bridgehead atoms. The molecule has 3 nitrogen and oxygen atoms in total. The van der Waals surface area contributed by atoms with E-state index >= 15 is 0 Å². The lowest BCUT2D eigenvalue weighted by Gasteiger charge is -2.27. The Balaban J connectivity index is 1.95. The second-order valence-electron chi connectivity index (χ2n) is 4.01. The number of ether oxygens (including phenoxy) is 1. The lowest BCUT2D eigenvalue weighted by molar-refractivity contribution is -0.139. The lowest BCUT2D eigenvalue weighted by Crippen LogP contribution is -2.50. The fourth-order valence-electron chi connectivity index (χ4n) is 1.71. The molecule has 0 aliphatic carbocycles. The van der Waals surface area contributed by atoms with Crippen molar-refractivity contribution in [1.82, 2.24) is 5.32 Å². The Morgan fingerprint density at radius 2 is 2.12 bits per heavy atom. The van der Waals surface area contributed by atoms with Gasteiger partial charge in [-0.25, -0.2) is 0 Å². The number of carbonyl (C=O) groups is 1. The van der Waals surface area contributed by atoms with Crippen molar-refractivity contribution >= 4 is 17.5 Å². The van der Waals surface area contributed by atoms with E-state index < -0.39 is 0 Å². The molecule has 0 saturated carbocycles. The molecular formula is C12H14ClNO2. The third kappa shape index (κ3) is 2.74. The molecule has 0 aromatic heterocycles. The summed E-state index contributed by atoms with van der Waals surface area (Å²) >= 11 is 5.80. The first-order valence-electron chi connectivity index (χ1n) is 5.31. The van der Waals surface area contributed by atoms with Crippen LogP contribution in [0.2, 0.25) is 5.02 Å². The largest absolute Gasteiger partial charge is 0.367 e. The number of halogens is 1. The maximum absolute atomic E-state index is 11.4. The van der Waals surface area contributed by atoms with Crippen LogP contribution in [0.3, 0.4) is 0 Å². The zero-order chi connectivity index (χ0) is 11.5. The molecule has 2 atom stereocenters. The van der Waals surface area contributed by atoms with E-state index in [0.717, 1.165) is 17.0 Å². The van der Waals surface area contributed by atoms with Gasteiger partial charge in [0.25, 0.3) is 0 Å². The van der Waals surface area contributed by atoms with Gasteiger partial charge in [-0.15, -0.1) is 0 Å². The number of carbonyl (C=O) groups excluding carboxylic acids is 1. The van der Waals surface area contributed by atoms with Gasteiger partial charge in [0.15, 0.2) is 0 Å². The standard InChI is InChI=1S/C12H14ClNO2/c1-8-12(15)14-11(7-16-8)6-9-2-4-10(13)5-3-9/h2-5,8,11H,6-7H2,1H3,(H,14,15). The molecule has 2 rings (SSSR count). The Hall–Kier alpha value is -1.06. The molecule has 1 heterocycles. The summed E-state index contributed by atoms with van der Waals surface area (Å²) < 4.78 is 5.36. The predicted octanol–water partition coefficient (Wildman–Crippen LogP) is 1.79. The molecule has 1 saturated heterocycles. The van der Waals surface area contributed by atoms with Crippen molar-refractivity contribution in [2.75, 3.05) is 6.61 Å². The Bertz CT molecular complexity index is 377. The molecule has 1 fully saturated rings.